The van der Waals surface area contributed by atoms with Gasteiger partial charge in [-0.3, -0.25) is 0 Å². The summed E-state index contributed by atoms with van der Waals surface area (Å²) in [5, 5.41) is 0. The van der Waals surface area contributed by atoms with E-state index in [4.69, 9.17) is 19.9 Å². The molecule has 55 heavy (non-hydrogen) atoms. The van der Waals surface area contributed by atoms with E-state index in [0.29, 0.717) is 17.5 Å². The van der Waals surface area contributed by atoms with Crippen LogP contribution in [0.5, 0.6) is 0 Å². The van der Waals surface area contributed by atoms with E-state index >= 15 is 0 Å². The van der Waals surface area contributed by atoms with Gasteiger partial charge >= 0.3 is 0 Å². The minimum atomic E-state index is 0. The predicted molar refractivity (Wildman–Crippen MR) is 221 cm³/mol. The standard InChI is InChI=1S/C50H45N4.Ir/c1-4-34-28-39(21-23-45(34)46-16-10-9-15-44(46)43-26-32(2)25-33(3)27-43)47-24-22-42(31-51-47)50-53-48(40-19-17-35-11-5-7-13-37(35)29-40)52-49(54-50)41-20-18-36-12-6-8-14-38(36)30-41;/h9-10,15-20,22-31H,4-8,11-14H2,1-3H3;/q-1;. The van der Waals surface area contributed by atoms with Gasteiger partial charge in [0.15, 0.2) is 17.5 Å². The van der Waals surface area contributed by atoms with E-state index in [1.54, 1.807) is 0 Å². The van der Waals surface area contributed by atoms with Crippen LogP contribution in [0.25, 0.3) is 67.7 Å². The van der Waals surface area contributed by atoms with Gasteiger partial charge in [-0.25, -0.2) is 15.0 Å². The third-order valence-corrected chi connectivity index (χ3v) is 11.3. The number of pyridine rings is 1. The van der Waals surface area contributed by atoms with Crippen molar-refractivity contribution in [1.29, 1.82) is 0 Å². The zero-order valence-electron chi connectivity index (χ0n) is 31.9. The van der Waals surface area contributed by atoms with Gasteiger partial charge in [0, 0.05) is 43.0 Å². The van der Waals surface area contributed by atoms with Gasteiger partial charge in [0.05, 0.1) is 0 Å². The number of benzene rings is 5. The summed E-state index contributed by atoms with van der Waals surface area (Å²) < 4.78 is 0. The van der Waals surface area contributed by atoms with E-state index in [-0.39, 0.29) is 20.1 Å². The first-order chi connectivity index (χ1) is 26.5. The van der Waals surface area contributed by atoms with Crippen LogP contribution in [0.1, 0.15) is 71.6 Å². The Labute approximate surface area is 338 Å². The van der Waals surface area contributed by atoms with Crippen LogP contribution in [0, 0.1) is 19.9 Å². The monoisotopic (exact) mass is 894 g/mol. The number of nitrogens with zero attached hydrogens (tertiary/aromatic N) is 4. The van der Waals surface area contributed by atoms with Crippen molar-refractivity contribution < 1.29 is 20.1 Å². The maximum absolute atomic E-state index is 5.10. The summed E-state index contributed by atoms with van der Waals surface area (Å²) in [6, 6.07) is 41.2. The molecule has 0 unspecified atom stereocenters. The van der Waals surface area contributed by atoms with Gasteiger partial charge in [0.25, 0.3) is 0 Å². The van der Waals surface area contributed by atoms with Gasteiger partial charge in [-0.1, -0.05) is 108 Å². The third kappa shape index (κ3) is 7.61. The minimum absolute atomic E-state index is 0. The SMILES string of the molecule is CCc1cc(-c2ccc(-c3nc(-c4ccc5c(c4)CCCC5)nc(-c4ccc5c(c4)CCCC5)n3)cn2)[c-]cc1-c1ccccc1-c1cc(C)cc(C)c1.[Ir]. The second-order valence-electron chi connectivity index (χ2n) is 15.2. The second kappa shape index (κ2) is 15.9. The number of hydrogen-bond donors (Lipinski definition) is 0. The number of rotatable bonds is 7. The van der Waals surface area contributed by atoms with Crippen LogP contribution in [0.3, 0.4) is 0 Å². The van der Waals surface area contributed by atoms with Crippen molar-refractivity contribution in [1.82, 2.24) is 19.9 Å². The molecule has 0 N–H and O–H groups in total. The quantitative estimate of drug-likeness (QED) is 0.150. The Morgan fingerprint density at radius 3 is 1.64 bits per heavy atom. The van der Waals surface area contributed by atoms with E-state index in [1.165, 1.54) is 86.9 Å². The zero-order valence-corrected chi connectivity index (χ0v) is 34.3. The van der Waals surface area contributed by atoms with Crippen molar-refractivity contribution in [3.05, 3.63) is 154 Å². The largest absolute Gasteiger partial charge is 0.304 e. The van der Waals surface area contributed by atoms with Crippen LogP contribution in [0.2, 0.25) is 0 Å². The average molecular weight is 894 g/mol. The molecule has 275 valence electrons. The maximum atomic E-state index is 5.10. The smallest absolute Gasteiger partial charge is 0.165 e. The van der Waals surface area contributed by atoms with Crippen molar-refractivity contribution in [2.24, 2.45) is 0 Å². The molecule has 0 saturated heterocycles. The molecule has 0 bridgehead atoms. The topological polar surface area (TPSA) is 51.6 Å². The van der Waals surface area contributed by atoms with E-state index in [0.717, 1.165) is 60.1 Å². The normalized spacial score (nSPS) is 13.4. The summed E-state index contributed by atoms with van der Waals surface area (Å²) in [6.45, 7) is 6.56. The van der Waals surface area contributed by atoms with Gasteiger partial charge in [-0.15, -0.1) is 29.3 Å². The molecular weight excluding hydrogens is 849 g/mol. The van der Waals surface area contributed by atoms with E-state index < -0.39 is 0 Å². The molecule has 2 aromatic heterocycles. The van der Waals surface area contributed by atoms with Crippen molar-refractivity contribution in [2.45, 2.75) is 78.6 Å². The summed E-state index contributed by atoms with van der Waals surface area (Å²) >= 11 is 0. The zero-order chi connectivity index (χ0) is 36.6. The molecule has 5 heteroatoms. The first-order valence-electron chi connectivity index (χ1n) is 19.7. The molecule has 0 spiro atoms. The minimum Gasteiger partial charge on any atom is -0.304 e. The Morgan fingerprint density at radius 1 is 0.527 bits per heavy atom. The molecule has 0 saturated carbocycles. The van der Waals surface area contributed by atoms with Crippen LogP contribution in [0.15, 0.2) is 109 Å². The molecule has 0 fully saturated rings. The van der Waals surface area contributed by atoms with Crippen molar-refractivity contribution in [2.75, 3.05) is 0 Å². The fraction of sp³-hybridized carbons (Fsp3) is 0.240. The molecule has 2 heterocycles. The Balaban J connectivity index is 0.00000427. The van der Waals surface area contributed by atoms with E-state index in [2.05, 4.69) is 130 Å². The van der Waals surface area contributed by atoms with Crippen molar-refractivity contribution in [3.63, 3.8) is 0 Å². The van der Waals surface area contributed by atoms with Gasteiger partial charge in [0.2, 0.25) is 0 Å². The molecule has 1 radical (unpaired) electrons. The number of aryl methyl sites for hydroxylation is 7. The van der Waals surface area contributed by atoms with Gasteiger partial charge in [0.1, 0.15) is 0 Å². The molecule has 9 rings (SSSR count). The van der Waals surface area contributed by atoms with Crippen LogP contribution >= 0.6 is 0 Å². The Hall–Kier alpha value is -5.09. The molecule has 5 aromatic carbocycles. The van der Waals surface area contributed by atoms with Crippen molar-refractivity contribution >= 4 is 0 Å². The molecule has 7 aromatic rings. The summed E-state index contributed by atoms with van der Waals surface area (Å²) in [6.07, 6.45) is 12.3. The summed E-state index contributed by atoms with van der Waals surface area (Å²) in [4.78, 5) is 20.2. The van der Waals surface area contributed by atoms with Crippen LogP contribution < -0.4 is 0 Å². The fourth-order valence-corrected chi connectivity index (χ4v) is 8.52. The number of hydrogen-bond acceptors (Lipinski definition) is 4. The summed E-state index contributed by atoms with van der Waals surface area (Å²) in [7, 11) is 0. The van der Waals surface area contributed by atoms with Crippen molar-refractivity contribution in [3.8, 4) is 67.7 Å². The van der Waals surface area contributed by atoms with Crippen LogP contribution in [0.4, 0.5) is 0 Å². The molecule has 4 nitrogen and oxygen atoms in total. The molecule has 2 aliphatic rings. The number of fused-ring (bicyclic) bond motifs is 2. The predicted octanol–water partition coefficient (Wildman–Crippen LogP) is 12.0. The maximum Gasteiger partial charge on any atom is 0.165 e. The molecule has 0 atom stereocenters. The van der Waals surface area contributed by atoms with Gasteiger partial charge in [-0.2, -0.15) is 0 Å². The Kier molecular flexibility index (Phi) is 10.7. The molecule has 2 aliphatic carbocycles. The number of aromatic nitrogens is 4. The van der Waals surface area contributed by atoms with Crippen LogP contribution in [-0.2, 0) is 52.2 Å². The first-order valence-corrected chi connectivity index (χ1v) is 19.7. The van der Waals surface area contributed by atoms with Crippen LogP contribution in [-0.4, -0.2) is 19.9 Å². The van der Waals surface area contributed by atoms with E-state index in [1.807, 2.05) is 6.20 Å². The Morgan fingerprint density at radius 2 is 1.07 bits per heavy atom. The first kappa shape index (κ1) is 36.9. The second-order valence-corrected chi connectivity index (χ2v) is 15.2. The fourth-order valence-electron chi connectivity index (χ4n) is 8.52. The van der Waals surface area contributed by atoms with Gasteiger partial charge < -0.3 is 4.98 Å². The van der Waals surface area contributed by atoms with Gasteiger partial charge in [-0.05, 0) is 123 Å². The molecule has 0 amide bonds. The summed E-state index contributed by atoms with van der Waals surface area (Å²) in [5.74, 6) is 2.06. The third-order valence-electron chi connectivity index (χ3n) is 11.3. The average Bonchev–Trinajstić information content (AvgIpc) is 3.22. The summed E-state index contributed by atoms with van der Waals surface area (Å²) in [5.41, 5.74) is 19.3. The molecular formula is C50H45IrN4-. The van der Waals surface area contributed by atoms with E-state index in [9.17, 15) is 0 Å². The Bertz CT molecular complexity index is 2420. The molecule has 0 aliphatic heterocycles.